The van der Waals surface area contributed by atoms with Crippen LogP contribution in [0.2, 0.25) is 0 Å². The van der Waals surface area contributed by atoms with E-state index in [-0.39, 0.29) is 37.1 Å². The van der Waals surface area contributed by atoms with Crippen LogP contribution in [0.25, 0.3) is 0 Å². The SMILES string of the molecule is [B][C@@H]1O[C@]2(CC(=O)OCc3ccccc3)C(C)[C@@H]1O[C@H]2C. The molecule has 110 valence electrons. The summed E-state index contributed by atoms with van der Waals surface area (Å²) in [6, 6.07) is 9.15. The van der Waals surface area contributed by atoms with E-state index in [0.29, 0.717) is 0 Å². The predicted molar refractivity (Wildman–Crippen MR) is 77.7 cm³/mol. The van der Waals surface area contributed by atoms with Crippen LogP contribution in [0, 0.1) is 5.92 Å². The Morgan fingerprint density at radius 2 is 2.05 bits per heavy atom. The zero-order chi connectivity index (χ0) is 15.0. The van der Waals surface area contributed by atoms with Gasteiger partial charge in [0.05, 0.1) is 18.6 Å². The molecule has 0 spiro atoms. The van der Waals surface area contributed by atoms with E-state index in [2.05, 4.69) is 0 Å². The Morgan fingerprint density at radius 1 is 1.33 bits per heavy atom. The second-order valence-electron chi connectivity index (χ2n) is 5.89. The third-order valence-electron chi connectivity index (χ3n) is 4.66. The van der Waals surface area contributed by atoms with E-state index in [9.17, 15) is 4.79 Å². The van der Waals surface area contributed by atoms with Crippen molar-refractivity contribution >= 4 is 13.8 Å². The molecule has 2 aliphatic rings. The molecule has 2 radical (unpaired) electrons. The van der Waals surface area contributed by atoms with E-state index in [1.54, 1.807) is 0 Å². The van der Waals surface area contributed by atoms with E-state index >= 15 is 0 Å². The lowest BCUT2D eigenvalue weighted by Gasteiger charge is -2.35. The fraction of sp³-hybridized carbons (Fsp3) is 0.562. The van der Waals surface area contributed by atoms with E-state index in [1.807, 2.05) is 44.2 Å². The van der Waals surface area contributed by atoms with Gasteiger partial charge in [0, 0.05) is 11.9 Å². The van der Waals surface area contributed by atoms with Gasteiger partial charge in [0.25, 0.3) is 0 Å². The normalized spacial score (nSPS) is 37.6. The highest BCUT2D eigenvalue weighted by Crippen LogP contribution is 2.49. The van der Waals surface area contributed by atoms with Gasteiger partial charge in [0.15, 0.2) is 0 Å². The molecule has 2 aliphatic heterocycles. The number of hydrogen-bond donors (Lipinski definition) is 0. The number of carbonyl (C=O) groups excluding carboxylic acids is 1. The molecule has 2 saturated heterocycles. The van der Waals surface area contributed by atoms with Gasteiger partial charge < -0.3 is 14.2 Å². The molecule has 0 amide bonds. The van der Waals surface area contributed by atoms with Crippen molar-refractivity contribution in [2.45, 2.75) is 50.7 Å². The van der Waals surface area contributed by atoms with Crippen molar-refractivity contribution in [1.29, 1.82) is 0 Å². The Kier molecular flexibility index (Phi) is 3.80. The molecule has 2 fully saturated rings. The minimum atomic E-state index is -0.655. The Balaban J connectivity index is 1.62. The van der Waals surface area contributed by atoms with Crippen LogP contribution >= 0.6 is 0 Å². The van der Waals surface area contributed by atoms with Gasteiger partial charge in [-0.15, -0.1) is 0 Å². The number of hydrogen-bond acceptors (Lipinski definition) is 4. The zero-order valence-corrected chi connectivity index (χ0v) is 12.3. The Bertz CT molecular complexity index is 520. The van der Waals surface area contributed by atoms with Gasteiger partial charge in [-0.2, -0.15) is 0 Å². The van der Waals surface area contributed by atoms with Crippen molar-refractivity contribution in [2.75, 3.05) is 0 Å². The van der Waals surface area contributed by atoms with Gasteiger partial charge in [0.2, 0.25) is 0 Å². The minimum Gasteiger partial charge on any atom is -0.461 e. The maximum Gasteiger partial charge on any atom is 0.309 e. The smallest absolute Gasteiger partial charge is 0.309 e. The first-order chi connectivity index (χ1) is 10.0. The van der Waals surface area contributed by atoms with Gasteiger partial charge in [-0.25, -0.2) is 0 Å². The quantitative estimate of drug-likeness (QED) is 0.625. The van der Waals surface area contributed by atoms with Crippen LogP contribution in [0.1, 0.15) is 25.8 Å². The molecule has 1 unspecified atom stereocenters. The first-order valence-corrected chi connectivity index (χ1v) is 7.31. The van der Waals surface area contributed by atoms with Gasteiger partial charge in [-0.05, 0) is 12.5 Å². The van der Waals surface area contributed by atoms with Crippen molar-refractivity contribution in [3.8, 4) is 0 Å². The number of ether oxygens (including phenoxy) is 3. The van der Waals surface area contributed by atoms with E-state index in [1.165, 1.54) is 0 Å². The van der Waals surface area contributed by atoms with Crippen molar-refractivity contribution < 1.29 is 19.0 Å². The maximum absolute atomic E-state index is 12.2. The van der Waals surface area contributed by atoms with Crippen LogP contribution in [-0.2, 0) is 25.6 Å². The zero-order valence-electron chi connectivity index (χ0n) is 12.3. The summed E-state index contributed by atoms with van der Waals surface area (Å²) in [6.45, 7) is 4.22. The molecular weight excluding hydrogens is 267 g/mol. The molecule has 5 heteroatoms. The van der Waals surface area contributed by atoms with Crippen molar-refractivity contribution in [3.63, 3.8) is 0 Å². The van der Waals surface area contributed by atoms with Crippen LogP contribution in [-0.4, -0.2) is 37.6 Å². The second kappa shape index (κ2) is 5.46. The topological polar surface area (TPSA) is 44.8 Å². The van der Waals surface area contributed by atoms with Crippen LogP contribution in [0.3, 0.4) is 0 Å². The van der Waals surface area contributed by atoms with E-state index in [0.717, 1.165) is 5.56 Å². The summed E-state index contributed by atoms with van der Waals surface area (Å²) < 4.78 is 17.0. The van der Waals surface area contributed by atoms with Crippen LogP contribution in [0.5, 0.6) is 0 Å². The summed E-state index contributed by atoms with van der Waals surface area (Å²) in [7, 11) is 5.90. The molecule has 21 heavy (non-hydrogen) atoms. The van der Waals surface area contributed by atoms with Crippen molar-refractivity contribution in [1.82, 2.24) is 0 Å². The molecular formula is C16H19BO4. The largest absolute Gasteiger partial charge is 0.461 e. The van der Waals surface area contributed by atoms with Crippen LogP contribution < -0.4 is 0 Å². The molecule has 0 N–H and O–H groups in total. The lowest BCUT2D eigenvalue weighted by atomic mass is 9.82. The third kappa shape index (κ3) is 2.49. The molecule has 0 saturated carbocycles. The minimum absolute atomic E-state index is 0.0896. The maximum atomic E-state index is 12.2. The highest BCUT2D eigenvalue weighted by atomic mass is 16.6. The molecule has 1 aromatic rings. The molecule has 4 nitrogen and oxygen atoms in total. The van der Waals surface area contributed by atoms with Crippen molar-refractivity contribution in [3.05, 3.63) is 35.9 Å². The molecule has 0 aliphatic carbocycles. The first-order valence-electron chi connectivity index (χ1n) is 7.31. The number of fused-ring (bicyclic) bond motifs is 2. The summed E-state index contributed by atoms with van der Waals surface area (Å²) in [6.07, 6.45) is -0.115. The summed E-state index contributed by atoms with van der Waals surface area (Å²) in [5, 5.41) is 0. The molecule has 5 atom stereocenters. The van der Waals surface area contributed by atoms with E-state index < -0.39 is 11.6 Å². The van der Waals surface area contributed by atoms with E-state index in [4.69, 9.17) is 22.1 Å². The lowest BCUT2D eigenvalue weighted by Crippen LogP contribution is -2.46. The Hall–Kier alpha value is -1.33. The highest BCUT2D eigenvalue weighted by molar-refractivity contribution is 6.11. The molecule has 3 rings (SSSR count). The Labute approximate surface area is 126 Å². The summed E-state index contributed by atoms with van der Waals surface area (Å²) in [5.74, 6) is -0.192. The number of benzene rings is 1. The number of rotatable bonds is 4. The average Bonchev–Trinajstić information content (AvgIpc) is 2.84. The predicted octanol–water partition coefficient (Wildman–Crippen LogP) is 1.81. The number of esters is 1. The highest BCUT2D eigenvalue weighted by Gasteiger charge is 2.62. The summed E-state index contributed by atoms with van der Waals surface area (Å²) in [5.41, 5.74) is 0.312. The fourth-order valence-corrected chi connectivity index (χ4v) is 3.36. The van der Waals surface area contributed by atoms with Crippen LogP contribution in [0.4, 0.5) is 0 Å². The average molecular weight is 286 g/mol. The third-order valence-corrected chi connectivity index (χ3v) is 4.66. The van der Waals surface area contributed by atoms with Gasteiger partial charge in [0.1, 0.15) is 20.1 Å². The summed E-state index contributed by atoms with van der Waals surface area (Å²) in [4.78, 5) is 12.2. The molecule has 2 bridgehead atoms. The molecule has 2 heterocycles. The Morgan fingerprint density at radius 3 is 2.67 bits per heavy atom. The van der Waals surface area contributed by atoms with Crippen LogP contribution in [0.15, 0.2) is 30.3 Å². The second-order valence-corrected chi connectivity index (χ2v) is 5.89. The molecule has 1 aromatic carbocycles. The molecule has 0 aromatic heterocycles. The first kappa shape index (κ1) is 14.6. The standard InChI is InChI=1S/C16H19BO4/c1-10-14-15(17)21-16(10,11(2)20-14)8-13(18)19-9-12-6-4-3-5-7-12/h3-7,10-11,14-15H,8-9H2,1-2H3/t10?,11-,14-,15+,16+/m0/s1. The number of carbonyl (C=O) groups is 1. The van der Waals surface area contributed by atoms with Gasteiger partial charge >= 0.3 is 5.97 Å². The summed E-state index contributed by atoms with van der Waals surface area (Å²) >= 11 is 0. The van der Waals surface area contributed by atoms with Crippen molar-refractivity contribution in [2.24, 2.45) is 5.92 Å². The lowest BCUT2D eigenvalue weighted by molar-refractivity contribution is -0.175. The van der Waals surface area contributed by atoms with Gasteiger partial charge in [-0.3, -0.25) is 4.79 Å². The van der Waals surface area contributed by atoms with Gasteiger partial charge in [-0.1, -0.05) is 37.3 Å². The monoisotopic (exact) mass is 286 g/mol. The fourth-order valence-electron chi connectivity index (χ4n) is 3.36.